The molecule has 1 atom stereocenters. The molecule has 0 radical (unpaired) electrons. The highest BCUT2D eigenvalue weighted by molar-refractivity contribution is 5.97. The van der Waals surface area contributed by atoms with Crippen molar-refractivity contribution in [2.45, 2.75) is 11.6 Å². The number of aliphatic hydroxyl groups is 1. The molecule has 0 aliphatic carbocycles. The van der Waals surface area contributed by atoms with Gasteiger partial charge in [-0.25, -0.2) is 4.79 Å². The number of hydrogen-bond acceptors (Lipinski definition) is 6. The molecule has 1 aromatic heterocycles. The molecule has 2 aliphatic rings. The smallest absolute Gasteiger partial charge is 0.317 e. The fourth-order valence-corrected chi connectivity index (χ4v) is 4.53. The van der Waals surface area contributed by atoms with E-state index >= 15 is 0 Å². The van der Waals surface area contributed by atoms with Gasteiger partial charge in [0.15, 0.2) is 0 Å². The molecule has 2 aliphatic heterocycles. The number of benzene rings is 2. The first-order valence-corrected chi connectivity index (χ1v) is 10.4. The van der Waals surface area contributed by atoms with Gasteiger partial charge in [0.1, 0.15) is 18.5 Å². The zero-order chi connectivity index (χ0) is 21.4. The average molecular weight is 419 g/mol. The van der Waals surface area contributed by atoms with Crippen LogP contribution in [0.2, 0.25) is 0 Å². The van der Waals surface area contributed by atoms with Crippen LogP contribution < -0.4 is 10.1 Å². The van der Waals surface area contributed by atoms with Gasteiger partial charge in [-0.1, -0.05) is 24.3 Å². The maximum Gasteiger partial charge on any atom is 0.317 e. The maximum absolute atomic E-state index is 11.7. The largest absolute Gasteiger partial charge is 0.491 e. The molecule has 8 heteroatoms. The van der Waals surface area contributed by atoms with Crippen molar-refractivity contribution in [1.82, 2.24) is 25.3 Å². The van der Waals surface area contributed by atoms with Gasteiger partial charge >= 0.3 is 6.03 Å². The number of carbonyl (C=O) groups excluding carboxylic acids is 1. The maximum atomic E-state index is 11.7. The predicted molar refractivity (Wildman–Crippen MR) is 117 cm³/mol. The predicted octanol–water partition coefficient (Wildman–Crippen LogP) is 1.75. The summed E-state index contributed by atoms with van der Waals surface area (Å²) in [7, 11) is 1.83. The topological polar surface area (TPSA) is 90.8 Å². The number of amides is 2. The van der Waals surface area contributed by atoms with E-state index in [0.717, 1.165) is 35.0 Å². The number of nitrogens with one attached hydrogen (secondary N) is 1. The Hall–Kier alpha value is -3.23. The van der Waals surface area contributed by atoms with Crippen LogP contribution in [0.3, 0.4) is 0 Å². The van der Waals surface area contributed by atoms with E-state index in [0.29, 0.717) is 18.8 Å². The first-order valence-electron chi connectivity index (χ1n) is 10.4. The zero-order valence-corrected chi connectivity index (χ0v) is 17.4. The van der Waals surface area contributed by atoms with E-state index in [9.17, 15) is 9.90 Å². The molecular weight excluding hydrogens is 394 g/mol. The summed E-state index contributed by atoms with van der Waals surface area (Å²) in [6.07, 6.45) is 2.79. The van der Waals surface area contributed by atoms with Gasteiger partial charge in [-0.05, 0) is 34.5 Å². The lowest BCUT2D eigenvalue weighted by atomic mass is 9.89. The Morgan fingerprint density at radius 3 is 2.81 bits per heavy atom. The van der Waals surface area contributed by atoms with Crippen LogP contribution >= 0.6 is 0 Å². The standard InChI is InChI=1S/C23H25N5O3/c1-27-22(30)24-13-23(27)14-28(15-23)11-18(29)12-31-19-8-16-4-2-3-5-20(16)21(9-19)17-6-7-25-26-10-17/h2-10,18,29H,11-15H2,1H3,(H,24,30). The van der Waals surface area contributed by atoms with E-state index in [1.54, 1.807) is 17.3 Å². The normalized spacial score (nSPS) is 18.8. The van der Waals surface area contributed by atoms with Crippen molar-refractivity contribution >= 4 is 16.8 Å². The van der Waals surface area contributed by atoms with Crippen LogP contribution in [0.25, 0.3) is 21.9 Å². The van der Waals surface area contributed by atoms with Crippen molar-refractivity contribution < 1.29 is 14.6 Å². The van der Waals surface area contributed by atoms with Gasteiger partial charge in [0.05, 0.1) is 17.9 Å². The van der Waals surface area contributed by atoms with Crippen LogP contribution in [-0.4, -0.2) is 82.6 Å². The van der Waals surface area contributed by atoms with E-state index in [1.807, 2.05) is 43.4 Å². The van der Waals surface area contributed by atoms with Crippen LogP contribution in [0, 0.1) is 0 Å². The first kappa shape index (κ1) is 19.7. The van der Waals surface area contributed by atoms with Gasteiger partial charge in [0, 0.05) is 38.8 Å². The molecule has 2 fully saturated rings. The van der Waals surface area contributed by atoms with Crippen molar-refractivity contribution in [3.05, 3.63) is 54.9 Å². The Balaban J connectivity index is 1.25. The number of ether oxygens (including phenoxy) is 1. The molecule has 0 bridgehead atoms. The summed E-state index contributed by atoms with van der Waals surface area (Å²) in [6.45, 7) is 2.89. The Morgan fingerprint density at radius 2 is 2.06 bits per heavy atom. The molecule has 5 rings (SSSR count). The molecule has 2 saturated heterocycles. The second-order valence-corrected chi connectivity index (χ2v) is 8.40. The fraction of sp³-hybridized carbons (Fsp3) is 0.348. The number of aliphatic hydroxyl groups excluding tert-OH is 1. The van der Waals surface area contributed by atoms with E-state index in [-0.39, 0.29) is 18.2 Å². The minimum Gasteiger partial charge on any atom is -0.491 e. The summed E-state index contributed by atoms with van der Waals surface area (Å²) in [5, 5.41) is 23.4. The SMILES string of the molecule is CN1C(=O)NCC12CN(CC(O)COc1cc(-c3ccnnc3)c3ccccc3c1)C2. The summed E-state index contributed by atoms with van der Waals surface area (Å²) in [6, 6.07) is 14.0. The quantitative estimate of drug-likeness (QED) is 0.633. The Bertz CT molecular complexity index is 1100. The van der Waals surface area contributed by atoms with E-state index in [4.69, 9.17) is 4.74 Å². The average Bonchev–Trinajstić information content (AvgIpc) is 3.07. The minimum atomic E-state index is -0.620. The summed E-state index contributed by atoms with van der Waals surface area (Å²) < 4.78 is 5.97. The number of aromatic nitrogens is 2. The second kappa shape index (κ2) is 7.79. The van der Waals surface area contributed by atoms with Gasteiger partial charge < -0.3 is 20.1 Å². The lowest BCUT2D eigenvalue weighted by Gasteiger charge is -2.51. The van der Waals surface area contributed by atoms with Crippen molar-refractivity contribution in [3.8, 4) is 16.9 Å². The number of rotatable bonds is 6. The van der Waals surface area contributed by atoms with Gasteiger partial charge in [0.2, 0.25) is 0 Å². The number of carbonyl (C=O) groups is 1. The second-order valence-electron chi connectivity index (χ2n) is 8.40. The number of urea groups is 1. The van der Waals surface area contributed by atoms with Gasteiger partial charge in [-0.3, -0.25) is 4.90 Å². The van der Waals surface area contributed by atoms with Gasteiger partial charge in [-0.2, -0.15) is 10.2 Å². The van der Waals surface area contributed by atoms with E-state index in [1.165, 1.54) is 0 Å². The number of likely N-dealkylation sites (tertiary alicyclic amines) is 1. The molecule has 160 valence electrons. The van der Waals surface area contributed by atoms with Crippen LogP contribution in [0.15, 0.2) is 54.9 Å². The molecule has 2 amide bonds. The van der Waals surface area contributed by atoms with Gasteiger partial charge in [-0.15, -0.1) is 0 Å². The van der Waals surface area contributed by atoms with Crippen molar-refractivity contribution in [2.24, 2.45) is 0 Å². The van der Waals surface area contributed by atoms with Crippen LogP contribution in [0.4, 0.5) is 4.79 Å². The Kier molecular flexibility index (Phi) is 4.95. The monoisotopic (exact) mass is 419 g/mol. The van der Waals surface area contributed by atoms with Crippen molar-refractivity contribution in [2.75, 3.05) is 39.8 Å². The van der Waals surface area contributed by atoms with Crippen LogP contribution in [0.5, 0.6) is 5.75 Å². The lowest BCUT2D eigenvalue weighted by Crippen LogP contribution is -2.69. The van der Waals surface area contributed by atoms with Crippen LogP contribution in [-0.2, 0) is 0 Å². The zero-order valence-electron chi connectivity index (χ0n) is 17.4. The summed E-state index contributed by atoms with van der Waals surface area (Å²) in [4.78, 5) is 15.6. The molecule has 1 spiro atoms. The molecule has 2 N–H and O–H groups in total. The third-order valence-electron chi connectivity index (χ3n) is 6.26. The van der Waals surface area contributed by atoms with Crippen molar-refractivity contribution in [1.29, 1.82) is 0 Å². The molecular formula is C23H25N5O3. The van der Waals surface area contributed by atoms with Crippen LogP contribution in [0.1, 0.15) is 0 Å². The molecule has 1 unspecified atom stereocenters. The highest BCUT2D eigenvalue weighted by Crippen LogP contribution is 2.33. The summed E-state index contributed by atoms with van der Waals surface area (Å²) in [5.41, 5.74) is 1.85. The van der Waals surface area contributed by atoms with Gasteiger partial charge in [0.25, 0.3) is 0 Å². The van der Waals surface area contributed by atoms with E-state index < -0.39 is 6.10 Å². The molecule has 3 aromatic rings. The van der Waals surface area contributed by atoms with E-state index in [2.05, 4.69) is 26.5 Å². The minimum absolute atomic E-state index is 0.0277. The third-order valence-corrected chi connectivity index (χ3v) is 6.26. The Morgan fingerprint density at radius 1 is 1.23 bits per heavy atom. The highest BCUT2D eigenvalue weighted by Gasteiger charge is 2.52. The first-order chi connectivity index (χ1) is 15.0. The Labute approximate surface area is 180 Å². The lowest BCUT2D eigenvalue weighted by molar-refractivity contribution is -0.0297. The number of fused-ring (bicyclic) bond motifs is 1. The molecule has 0 saturated carbocycles. The van der Waals surface area contributed by atoms with Crippen molar-refractivity contribution in [3.63, 3.8) is 0 Å². The molecule has 8 nitrogen and oxygen atoms in total. The number of likely N-dealkylation sites (N-methyl/N-ethyl adjacent to an activating group) is 1. The number of nitrogens with zero attached hydrogens (tertiary/aromatic N) is 4. The summed E-state index contributed by atoms with van der Waals surface area (Å²) in [5.74, 6) is 0.704. The highest BCUT2D eigenvalue weighted by atomic mass is 16.5. The molecule has 2 aromatic carbocycles. The number of β-amino-alcohol motifs (C(OH)–C–C–N with tert-alkyl or cyclic N) is 1. The summed E-state index contributed by atoms with van der Waals surface area (Å²) >= 11 is 0. The molecule has 31 heavy (non-hydrogen) atoms. The molecule has 3 heterocycles. The fourth-order valence-electron chi connectivity index (χ4n) is 4.53. The third kappa shape index (κ3) is 3.68. The number of hydrogen-bond donors (Lipinski definition) is 2.